The highest BCUT2D eigenvalue weighted by Gasteiger charge is 2.32. The molecule has 0 spiro atoms. The Morgan fingerprint density at radius 3 is 2.71 bits per heavy atom. The van der Waals surface area contributed by atoms with Gasteiger partial charge in [-0.15, -0.1) is 0 Å². The zero-order valence-corrected chi connectivity index (χ0v) is 13.5. The second-order valence-electron chi connectivity index (χ2n) is 5.73. The first-order chi connectivity index (χ1) is 9.73. The predicted molar refractivity (Wildman–Crippen MR) is 81.0 cm³/mol. The van der Waals surface area contributed by atoms with Crippen LogP contribution in [0, 0.1) is 12.7 Å². The van der Waals surface area contributed by atoms with Crippen LogP contribution in [-0.4, -0.2) is 50.8 Å². The first-order valence-electron chi connectivity index (χ1n) is 6.95. The van der Waals surface area contributed by atoms with Crippen LogP contribution in [0.5, 0.6) is 0 Å². The van der Waals surface area contributed by atoms with Gasteiger partial charge in [0, 0.05) is 25.3 Å². The van der Waals surface area contributed by atoms with Crippen LogP contribution in [0.15, 0.2) is 17.0 Å². The van der Waals surface area contributed by atoms with Gasteiger partial charge >= 0.3 is 0 Å². The summed E-state index contributed by atoms with van der Waals surface area (Å²) in [4.78, 5) is 1.75. The fourth-order valence-corrected chi connectivity index (χ4v) is 4.29. The molecule has 0 bridgehead atoms. The Kier molecular flexibility index (Phi) is 4.55. The lowest BCUT2D eigenvalue weighted by Gasteiger charge is -2.35. The number of aryl methyl sites for hydroxylation is 1. The summed E-state index contributed by atoms with van der Waals surface area (Å²) in [5.74, 6) is -0.722. The highest BCUT2D eigenvalue weighted by Crippen LogP contribution is 2.27. The monoisotopic (exact) mass is 315 g/mol. The average Bonchev–Trinajstić information content (AvgIpc) is 2.41. The Balaban J connectivity index is 2.37. The van der Waals surface area contributed by atoms with Gasteiger partial charge in [0.15, 0.2) is 0 Å². The molecule has 2 N–H and O–H groups in total. The van der Waals surface area contributed by atoms with Gasteiger partial charge in [-0.2, -0.15) is 4.31 Å². The molecule has 1 saturated heterocycles. The van der Waals surface area contributed by atoms with E-state index in [9.17, 15) is 12.8 Å². The Hall–Kier alpha value is -1.18. The van der Waals surface area contributed by atoms with E-state index in [0.717, 1.165) is 19.4 Å². The number of anilines is 1. The van der Waals surface area contributed by atoms with Crippen molar-refractivity contribution in [1.29, 1.82) is 0 Å². The lowest BCUT2D eigenvalue weighted by atomic mass is 10.1. The third kappa shape index (κ3) is 3.20. The van der Waals surface area contributed by atoms with E-state index in [4.69, 9.17) is 5.73 Å². The second-order valence-corrected chi connectivity index (χ2v) is 7.70. The van der Waals surface area contributed by atoms with Gasteiger partial charge in [0.25, 0.3) is 0 Å². The van der Waals surface area contributed by atoms with Gasteiger partial charge < -0.3 is 10.6 Å². The molecule has 0 amide bonds. The highest BCUT2D eigenvalue weighted by atomic mass is 32.2. The number of halogens is 1. The smallest absolute Gasteiger partial charge is 0.246 e. The number of benzene rings is 1. The lowest BCUT2D eigenvalue weighted by Crippen LogP contribution is -2.47. The number of nitrogens with zero attached hydrogens (tertiary/aromatic N) is 2. The van der Waals surface area contributed by atoms with Crippen LogP contribution in [0.3, 0.4) is 0 Å². The molecule has 118 valence electrons. The number of likely N-dealkylation sites (tertiary alicyclic amines) is 1. The fourth-order valence-electron chi connectivity index (χ4n) is 2.74. The molecular weight excluding hydrogens is 293 g/mol. The number of rotatable bonds is 3. The van der Waals surface area contributed by atoms with Gasteiger partial charge in [0.1, 0.15) is 10.7 Å². The summed E-state index contributed by atoms with van der Waals surface area (Å²) in [7, 11) is -0.419. The molecule has 1 aromatic rings. The number of hydrogen-bond acceptors (Lipinski definition) is 4. The molecule has 1 aliphatic heterocycles. The van der Waals surface area contributed by atoms with Crippen molar-refractivity contribution in [3.63, 3.8) is 0 Å². The summed E-state index contributed by atoms with van der Waals surface area (Å²) in [5, 5.41) is 0. The summed E-state index contributed by atoms with van der Waals surface area (Å²) < 4.78 is 40.8. The maximum atomic E-state index is 14.2. The van der Waals surface area contributed by atoms with Gasteiger partial charge in [-0.1, -0.05) is 0 Å². The molecular formula is C14H22FN3O2S. The quantitative estimate of drug-likeness (QED) is 0.857. The van der Waals surface area contributed by atoms with E-state index in [-0.39, 0.29) is 22.2 Å². The molecule has 1 aromatic carbocycles. The van der Waals surface area contributed by atoms with Crippen molar-refractivity contribution < 1.29 is 12.8 Å². The van der Waals surface area contributed by atoms with E-state index < -0.39 is 15.8 Å². The average molecular weight is 315 g/mol. The summed E-state index contributed by atoms with van der Waals surface area (Å²) in [6, 6.07) is 2.48. The number of piperidine rings is 1. The van der Waals surface area contributed by atoms with Gasteiger partial charge in [0.05, 0.1) is 0 Å². The van der Waals surface area contributed by atoms with Gasteiger partial charge in [-0.25, -0.2) is 12.8 Å². The summed E-state index contributed by atoms with van der Waals surface area (Å²) >= 11 is 0. The fraction of sp³-hybridized carbons (Fsp3) is 0.571. The van der Waals surface area contributed by atoms with Crippen LogP contribution in [0.1, 0.15) is 18.4 Å². The van der Waals surface area contributed by atoms with Crippen LogP contribution >= 0.6 is 0 Å². The SMILES string of the molecule is Cc1cc(N)cc(S(=O)(=O)N(C)C2CCCN(C)C2)c1F. The number of nitrogens with two attached hydrogens (primary N) is 1. The molecule has 1 heterocycles. The van der Waals surface area contributed by atoms with Crippen LogP contribution in [0.25, 0.3) is 0 Å². The third-order valence-corrected chi connectivity index (χ3v) is 5.92. The van der Waals surface area contributed by atoms with Crippen LogP contribution in [0.2, 0.25) is 0 Å². The lowest BCUT2D eigenvalue weighted by molar-refractivity contribution is 0.187. The van der Waals surface area contributed by atoms with Gasteiger partial charge in [-0.3, -0.25) is 0 Å². The van der Waals surface area contributed by atoms with Crippen LogP contribution < -0.4 is 5.73 Å². The number of hydrogen-bond donors (Lipinski definition) is 1. The largest absolute Gasteiger partial charge is 0.399 e. The molecule has 7 heteroatoms. The Labute approximate surface area is 125 Å². The minimum absolute atomic E-state index is 0.144. The molecule has 1 fully saturated rings. The van der Waals surface area contributed by atoms with Crippen molar-refractivity contribution in [3.05, 3.63) is 23.5 Å². The van der Waals surface area contributed by atoms with Gasteiger partial charge in [0.2, 0.25) is 10.0 Å². The maximum absolute atomic E-state index is 14.2. The highest BCUT2D eigenvalue weighted by molar-refractivity contribution is 7.89. The molecule has 1 unspecified atom stereocenters. The topological polar surface area (TPSA) is 66.6 Å². The van der Waals surface area contributed by atoms with Crippen molar-refractivity contribution in [2.24, 2.45) is 0 Å². The molecule has 0 saturated carbocycles. The zero-order valence-electron chi connectivity index (χ0n) is 12.6. The normalized spacial score (nSPS) is 20.9. The molecule has 0 aliphatic carbocycles. The van der Waals surface area contributed by atoms with Crippen molar-refractivity contribution >= 4 is 15.7 Å². The summed E-state index contributed by atoms with van der Waals surface area (Å²) in [6.07, 6.45) is 1.71. The molecule has 0 aromatic heterocycles. The van der Waals surface area contributed by atoms with E-state index >= 15 is 0 Å². The Morgan fingerprint density at radius 2 is 2.10 bits per heavy atom. The maximum Gasteiger partial charge on any atom is 0.246 e. The second kappa shape index (κ2) is 5.90. The summed E-state index contributed by atoms with van der Waals surface area (Å²) in [5.41, 5.74) is 6.16. The Morgan fingerprint density at radius 1 is 1.43 bits per heavy atom. The Bertz CT molecular complexity index is 633. The van der Waals surface area contributed by atoms with E-state index in [1.807, 2.05) is 7.05 Å². The van der Waals surface area contributed by atoms with Crippen LogP contribution in [0.4, 0.5) is 10.1 Å². The van der Waals surface area contributed by atoms with Crippen molar-refractivity contribution in [1.82, 2.24) is 9.21 Å². The number of sulfonamides is 1. The molecule has 5 nitrogen and oxygen atoms in total. The first kappa shape index (κ1) is 16.2. The zero-order chi connectivity index (χ0) is 15.8. The standard InChI is InChI=1S/C14H22FN3O2S/c1-10-7-11(16)8-13(14(10)15)21(19,20)18(3)12-5-4-6-17(2)9-12/h7-8,12H,4-6,9,16H2,1-3H3. The van der Waals surface area contributed by atoms with E-state index in [2.05, 4.69) is 4.90 Å². The van der Waals surface area contributed by atoms with Crippen molar-refractivity contribution in [2.45, 2.75) is 30.7 Å². The van der Waals surface area contributed by atoms with E-state index in [1.165, 1.54) is 30.4 Å². The predicted octanol–water partition coefficient (Wildman–Crippen LogP) is 1.43. The molecule has 21 heavy (non-hydrogen) atoms. The number of nitrogen functional groups attached to an aromatic ring is 1. The van der Waals surface area contributed by atoms with Crippen molar-refractivity contribution in [2.75, 3.05) is 32.9 Å². The molecule has 2 rings (SSSR count). The molecule has 1 aliphatic rings. The van der Waals surface area contributed by atoms with Crippen molar-refractivity contribution in [3.8, 4) is 0 Å². The third-order valence-electron chi connectivity index (χ3n) is 4.01. The minimum atomic E-state index is -3.89. The molecule has 1 atom stereocenters. The summed E-state index contributed by atoms with van der Waals surface area (Å²) in [6.45, 7) is 3.12. The number of likely N-dealkylation sites (N-methyl/N-ethyl adjacent to an activating group) is 2. The van der Waals surface area contributed by atoms with Crippen LogP contribution in [-0.2, 0) is 10.0 Å². The molecule has 0 radical (unpaired) electrons. The van der Waals surface area contributed by atoms with E-state index in [0.29, 0.717) is 6.54 Å². The van der Waals surface area contributed by atoms with Gasteiger partial charge in [-0.05, 0) is 51.1 Å². The minimum Gasteiger partial charge on any atom is -0.399 e. The van der Waals surface area contributed by atoms with E-state index in [1.54, 1.807) is 0 Å². The first-order valence-corrected chi connectivity index (χ1v) is 8.39.